The van der Waals surface area contributed by atoms with Crippen molar-refractivity contribution >= 4 is 11.9 Å². The Hall–Kier alpha value is -2.63. The number of amides is 1. The summed E-state index contributed by atoms with van der Waals surface area (Å²) >= 11 is 0. The van der Waals surface area contributed by atoms with Crippen molar-refractivity contribution in [3.05, 3.63) is 53.3 Å². The number of carbonyl (C=O) groups is 2. The number of carboxylic acids is 1. The van der Waals surface area contributed by atoms with Crippen molar-refractivity contribution in [1.29, 1.82) is 0 Å². The number of nitrogens with zero attached hydrogens (tertiary/aromatic N) is 1. The number of hydrogen-bond donors (Lipinski definition) is 3. The lowest BCUT2D eigenvalue weighted by atomic mass is 10.1. The fourth-order valence-corrected chi connectivity index (χ4v) is 2.01. The second-order valence-corrected chi connectivity index (χ2v) is 4.68. The summed E-state index contributed by atoms with van der Waals surface area (Å²) in [5.41, 5.74) is 1.57. The molecule has 3 N–H and O–H groups in total. The van der Waals surface area contributed by atoms with Crippen molar-refractivity contribution in [3.8, 4) is 0 Å². The number of aliphatic carboxylic acids is 1. The maximum Gasteiger partial charge on any atom is 0.330 e. The lowest BCUT2D eigenvalue weighted by Gasteiger charge is -2.13. The maximum atomic E-state index is 12.1. The highest BCUT2D eigenvalue weighted by Gasteiger charge is 2.23. The Morgan fingerprint density at radius 3 is 2.67 bits per heavy atom. The van der Waals surface area contributed by atoms with E-state index in [0.717, 1.165) is 18.5 Å². The molecule has 6 heteroatoms. The molecule has 2 aromatic rings. The molecule has 0 aliphatic rings. The molecule has 1 aromatic heterocycles. The molecular weight excluding hydrogens is 270 g/mol. The van der Waals surface area contributed by atoms with Gasteiger partial charge in [0.15, 0.2) is 6.04 Å². The van der Waals surface area contributed by atoms with E-state index in [2.05, 4.69) is 15.5 Å². The number of benzene rings is 1. The van der Waals surface area contributed by atoms with Gasteiger partial charge >= 0.3 is 5.97 Å². The summed E-state index contributed by atoms with van der Waals surface area (Å²) in [7, 11) is 0. The zero-order valence-electron chi connectivity index (χ0n) is 11.7. The molecule has 1 aromatic carbocycles. The Labute approximate surface area is 122 Å². The van der Waals surface area contributed by atoms with Crippen LogP contribution >= 0.6 is 0 Å². The van der Waals surface area contributed by atoms with Crippen molar-refractivity contribution in [1.82, 2.24) is 15.5 Å². The van der Waals surface area contributed by atoms with Crippen LogP contribution < -0.4 is 5.32 Å². The van der Waals surface area contributed by atoms with E-state index in [9.17, 15) is 14.7 Å². The van der Waals surface area contributed by atoms with Crippen molar-refractivity contribution < 1.29 is 14.7 Å². The molecule has 110 valence electrons. The fraction of sp³-hybridized carbons (Fsp3) is 0.267. The molecule has 0 fully saturated rings. The van der Waals surface area contributed by atoms with Crippen LogP contribution in [0.1, 0.15) is 41.1 Å². The van der Waals surface area contributed by atoms with Gasteiger partial charge in [0.25, 0.3) is 5.91 Å². The third-order valence-corrected chi connectivity index (χ3v) is 3.04. The third kappa shape index (κ3) is 3.68. The first kappa shape index (κ1) is 14.8. The van der Waals surface area contributed by atoms with E-state index >= 15 is 0 Å². The smallest absolute Gasteiger partial charge is 0.330 e. The number of hydrogen-bond acceptors (Lipinski definition) is 3. The summed E-state index contributed by atoms with van der Waals surface area (Å²) in [6.45, 7) is 2.02. The molecule has 2 rings (SSSR count). The van der Waals surface area contributed by atoms with E-state index in [0.29, 0.717) is 5.56 Å². The topological polar surface area (TPSA) is 95.1 Å². The van der Waals surface area contributed by atoms with Gasteiger partial charge in [0, 0.05) is 5.69 Å². The number of carboxylic acid groups (broad SMARTS) is 1. The van der Waals surface area contributed by atoms with Crippen molar-refractivity contribution in [2.45, 2.75) is 25.8 Å². The van der Waals surface area contributed by atoms with E-state index in [-0.39, 0.29) is 5.69 Å². The Morgan fingerprint density at radius 2 is 2.05 bits per heavy atom. The highest BCUT2D eigenvalue weighted by atomic mass is 16.4. The molecule has 1 heterocycles. The molecule has 0 radical (unpaired) electrons. The average molecular weight is 287 g/mol. The molecule has 0 unspecified atom stereocenters. The Morgan fingerprint density at radius 1 is 1.33 bits per heavy atom. The van der Waals surface area contributed by atoms with Crippen LogP contribution in [0.15, 0.2) is 36.4 Å². The van der Waals surface area contributed by atoms with E-state index in [1.165, 1.54) is 0 Å². The number of aromatic amines is 1. The molecule has 0 saturated carbocycles. The lowest BCUT2D eigenvalue weighted by molar-refractivity contribution is -0.139. The molecule has 0 bridgehead atoms. The minimum absolute atomic E-state index is 0.195. The zero-order chi connectivity index (χ0) is 15.2. The van der Waals surface area contributed by atoms with E-state index in [1.54, 1.807) is 36.4 Å². The first-order valence-corrected chi connectivity index (χ1v) is 6.74. The van der Waals surface area contributed by atoms with Crippen LogP contribution in [0.3, 0.4) is 0 Å². The van der Waals surface area contributed by atoms with E-state index in [1.807, 2.05) is 6.92 Å². The first-order chi connectivity index (χ1) is 10.1. The predicted octanol–water partition coefficient (Wildman–Crippen LogP) is 1.92. The number of aromatic nitrogens is 2. The van der Waals surface area contributed by atoms with Crippen LogP contribution in [0.2, 0.25) is 0 Å². The number of carbonyl (C=O) groups excluding carboxylic acids is 1. The highest BCUT2D eigenvalue weighted by molar-refractivity contribution is 5.95. The number of nitrogens with one attached hydrogen (secondary N) is 2. The normalized spacial score (nSPS) is 11.9. The second-order valence-electron chi connectivity index (χ2n) is 4.68. The van der Waals surface area contributed by atoms with Gasteiger partial charge in [-0.2, -0.15) is 5.10 Å². The summed E-state index contributed by atoms with van der Waals surface area (Å²) in [5.74, 6) is -1.62. The SMILES string of the molecule is CCCc1cc(C(=O)N[C@H](C(=O)O)c2ccccc2)n[nH]1. The molecule has 1 atom stereocenters. The van der Waals surface area contributed by atoms with Crippen molar-refractivity contribution in [2.24, 2.45) is 0 Å². The summed E-state index contributed by atoms with van der Waals surface area (Å²) < 4.78 is 0. The van der Waals surface area contributed by atoms with Gasteiger partial charge in [-0.3, -0.25) is 9.89 Å². The van der Waals surface area contributed by atoms with Crippen LogP contribution in [-0.4, -0.2) is 27.2 Å². The van der Waals surface area contributed by atoms with Gasteiger partial charge in [-0.05, 0) is 18.1 Å². The van der Waals surface area contributed by atoms with Crippen LogP contribution in [0.5, 0.6) is 0 Å². The summed E-state index contributed by atoms with van der Waals surface area (Å²) in [5, 5.41) is 18.4. The molecule has 6 nitrogen and oxygen atoms in total. The predicted molar refractivity (Wildman–Crippen MR) is 76.9 cm³/mol. The number of H-pyrrole nitrogens is 1. The molecule has 0 saturated heterocycles. The quantitative estimate of drug-likeness (QED) is 0.756. The minimum Gasteiger partial charge on any atom is -0.479 e. The molecule has 0 aliphatic heterocycles. The largest absolute Gasteiger partial charge is 0.479 e. The average Bonchev–Trinajstić information content (AvgIpc) is 2.94. The lowest BCUT2D eigenvalue weighted by Crippen LogP contribution is -2.33. The molecule has 0 aliphatic carbocycles. The zero-order valence-corrected chi connectivity index (χ0v) is 11.7. The van der Waals surface area contributed by atoms with Gasteiger partial charge in [0.05, 0.1) is 0 Å². The molecule has 1 amide bonds. The van der Waals surface area contributed by atoms with Gasteiger partial charge in [-0.25, -0.2) is 4.79 Å². The molecule has 21 heavy (non-hydrogen) atoms. The maximum absolute atomic E-state index is 12.1. The Bertz CT molecular complexity index is 622. The number of aryl methyl sites for hydroxylation is 1. The van der Waals surface area contributed by atoms with Gasteiger partial charge in [0.1, 0.15) is 5.69 Å². The highest BCUT2D eigenvalue weighted by Crippen LogP contribution is 2.13. The van der Waals surface area contributed by atoms with Gasteiger partial charge < -0.3 is 10.4 Å². The molecule has 0 spiro atoms. The van der Waals surface area contributed by atoms with E-state index < -0.39 is 17.9 Å². The second kappa shape index (κ2) is 6.69. The monoisotopic (exact) mass is 287 g/mol. The summed E-state index contributed by atoms with van der Waals surface area (Å²) in [4.78, 5) is 23.4. The summed E-state index contributed by atoms with van der Waals surface area (Å²) in [6, 6.07) is 9.11. The molecular formula is C15H17N3O3. The van der Waals surface area contributed by atoms with Gasteiger partial charge in [0.2, 0.25) is 0 Å². The van der Waals surface area contributed by atoms with Crippen LogP contribution in [-0.2, 0) is 11.2 Å². The van der Waals surface area contributed by atoms with E-state index in [4.69, 9.17) is 0 Å². The van der Waals surface area contributed by atoms with Crippen molar-refractivity contribution in [2.75, 3.05) is 0 Å². The fourth-order valence-electron chi connectivity index (χ4n) is 2.01. The summed E-state index contributed by atoms with van der Waals surface area (Å²) in [6.07, 6.45) is 1.73. The minimum atomic E-state index is -1.11. The van der Waals surface area contributed by atoms with Gasteiger partial charge in [-0.15, -0.1) is 0 Å². The van der Waals surface area contributed by atoms with Crippen molar-refractivity contribution in [3.63, 3.8) is 0 Å². The van der Waals surface area contributed by atoms with Crippen LogP contribution in [0.25, 0.3) is 0 Å². The third-order valence-electron chi connectivity index (χ3n) is 3.04. The van der Waals surface area contributed by atoms with Gasteiger partial charge in [-0.1, -0.05) is 43.7 Å². The standard InChI is InChI=1S/C15H17N3O3/c1-2-6-11-9-12(18-17-11)14(19)16-13(15(20)21)10-7-4-3-5-8-10/h3-5,7-9,13H,2,6H2,1H3,(H,16,19)(H,17,18)(H,20,21)/t13-/m0/s1. The first-order valence-electron chi connectivity index (χ1n) is 6.74. The van der Waals surface area contributed by atoms with Crippen LogP contribution in [0, 0.1) is 0 Å². The number of rotatable bonds is 6. The Kier molecular flexibility index (Phi) is 4.71. The van der Waals surface area contributed by atoms with Crippen LogP contribution in [0.4, 0.5) is 0 Å². The Balaban J connectivity index is 2.13.